The highest BCUT2D eigenvalue weighted by Gasteiger charge is 2.41. The largest absolute Gasteiger partial charge is 0.483 e. The molecule has 2 aromatic carbocycles. The number of aromatic amines is 1. The van der Waals surface area contributed by atoms with E-state index in [1.807, 2.05) is 18.2 Å². The van der Waals surface area contributed by atoms with Gasteiger partial charge in [0.05, 0.1) is 5.56 Å². The van der Waals surface area contributed by atoms with Crippen LogP contribution in [0, 0.1) is 0 Å². The van der Waals surface area contributed by atoms with Crippen LogP contribution in [0.15, 0.2) is 42.5 Å². The summed E-state index contributed by atoms with van der Waals surface area (Å²) in [6.07, 6.45) is 8.41. The van der Waals surface area contributed by atoms with Crippen LogP contribution in [-0.4, -0.2) is 33.0 Å². The lowest BCUT2D eigenvalue weighted by atomic mass is 9.97. The molecule has 1 aliphatic rings. The standard InChI is InChI=1S/C24H29N5O3/c1-2-3-4-5-6-7-10-17-11-8-12-18(15-17)21(30)19-13-9-14-20-22(19)32-24(25,16-31-20)23-26-28-29-27-23/h8-9,11-15H,2-7,10,16,25H2,1H3,(H,26,27,28,29). The summed E-state index contributed by atoms with van der Waals surface area (Å²) in [5.41, 5.74) is 7.05. The zero-order chi connectivity index (χ0) is 22.4. The average molecular weight is 436 g/mol. The molecule has 2 heterocycles. The number of nitrogens with zero attached hydrogens (tertiary/aromatic N) is 3. The Morgan fingerprint density at radius 3 is 2.75 bits per heavy atom. The number of ether oxygens (including phenoxy) is 2. The van der Waals surface area contributed by atoms with Crippen molar-refractivity contribution in [3.63, 3.8) is 0 Å². The summed E-state index contributed by atoms with van der Waals surface area (Å²) in [7, 11) is 0. The van der Waals surface area contributed by atoms with Gasteiger partial charge in [0.1, 0.15) is 6.61 Å². The molecule has 3 N–H and O–H groups in total. The first-order chi connectivity index (χ1) is 15.6. The number of unbranched alkanes of at least 4 members (excludes halogenated alkanes) is 5. The van der Waals surface area contributed by atoms with Crippen LogP contribution in [0.5, 0.6) is 11.5 Å². The number of aromatic nitrogens is 4. The van der Waals surface area contributed by atoms with Gasteiger partial charge < -0.3 is 9.47 Å². The number of carbonyl (C=O) groups is 1. The first-order valence-electron chi connectivity index (χ1n) is 11.2. The molecule has 1 aliphatic heterocycles. The number of nitrogens with one attached hydrogen (secondary N) is 1. The Morgan fingerprint density at radius 1 is 1.12 bits per heavy atom. The van der Waals surface area contributed by atoms with E-state index in [0.717, 1.165) is 18.4 Å². The van der Waals surface area contributed by atoms with Crippen molar-refractivity contribution in [3.8, 4) is 11.5 Å². The molecule has 0 radical (unpaired) electrons. The molecule has 32 heavy (non-hydrogen) atoms. The summed E-state index contributed by atoms with van der Waals surface area (Å²) in [4.78, 5) is 13.4. The molecule has 168 valence electrons. The number of tetrazole rings is 1. The fourth-order valence-corrected chi connectivity index (χ4v) is 3.89. The molecule has 0 saturated carbocycles. The van der Waals surface area contributed by atoms with E-state index in [9.17, 15) is 4.79 Å². The van der Waals surface area contributed by atoms with Gasteiger partial charge in [0.2, 0.25) is 5.82 Å². The summed E-state index contributed by atoms with van der Waals surface area (Å²) in [6.45, 7) is 2.23. The fourth-order valence-electron chi connectivity index (χ4n) is 3.89. The number of fused-ring (bicyclic) bond motifs is 1. The molecule has 0 aliphatic carbocycles. The minimum Gasteiger partial charge on any atom is -0.483 e. The van der Waals surface area contributed by atoms with Crippen molar-refractivity contribution < 1.29 is 14.3 Å². The van der Waals surface area contributed by atoms with Crippen molar-refractivity contribution in [1.82, 2.24) is 20.6 Å². The smallest absolute Gasteiger partial charge is 0.257 e. The number of H-pyrrole nitrogens is 1. The molecular formula is C24H29N5O3. The van der Waals surface area contributed by atoms with Crippen LogP contribution in [0.25, 0.3) is 0 Å². The topological polar surface area (TPSA) is 116 Å². The summed E-state index contributed by atoms with van der Waals surface area (Å²) in [5.74, 6) is 0.764. The van der Waals surface area contributed by atoms with Crippen LogP contribution in [-0.2, 0) is 12.1 Å². The lowest BCUT2D eigenvalue weighted by Crippen LogP contribution is -2.51. The fraction of sp³-hybridized carbons (Fsp3) is 0.417. The van der Waals surface area contributed by atoms with E-state index in [-0.39, 0.29) is 24.0 Å². The van der Waals surface area contributed by atoms with Crippen molar-refractivity contribution in [3.05, 3.63) is 65.0 Å². The molecule has 0 saturated heterocycles. The maximum absolute atomic E-state index is 13.4. The number of benzene rings is 2. The van der Waals surface area contributed by atoms with Gasteiger partial charge >= 0.3 is 0 Å². The van der Waals surface area contributed by atoms with Crippen molar-refractivity contribution in [2.24, 2.45) is 5.73 Å². The molecule has 1 atom stereocenters. The van der Waals surface area contributed by atoms with Crippen LogP contribution in [0.2, 0.25) is 0 Å². The Kier molecular flexibility index (Phi) is 6.80. The predicted octanol–water partition coefficient (Wildman–Crippen LogP) is 3.92. The van der Waals surface area contributed by atoms with Gasteiger partial charge in [-0.05, 0) is 41.8 Å². The third-order valence-corrected chi connectivity index (χ3v) is 5.68. The van der Waals surface area contributed by atoms with Crippen molar-refractivity contribution in [1.29, 1.82) is 0 Å². The number of hydrogen-bond donors (Lipinski definition) is 2. The highest BCUT2D eigenvalue weighted by molar-refractivity contribution is 6.11. The van der Waals surface area contributed by atoms with E-state index < -0.39 is 5.72 Å². The summed E-state index contributed by atoms with van der Waals surface area (Å²) >= 11 is 0. The molecule has 0 bridgehead atoms. The van der Waals surface area contributed by atoms with Gasteiger partial charge in [-0.3, -0.25) is 10.5 Å². The number of hydrogen-bond acceptors (Lipinski definition) is 7. The Hall–Kier alpha value is -3.26. The predicted molar refractivity (Wildman–Crippen MR) is 120 cm³/mol. The minimum absolute atomic E-state index is 0.00488. The van der Waals surface area contributed by atoms with Gasteiger partial charge in [-0.2, -0.15) is 5.21 Å². The maximum atomic E-state index is 13.4. The Morgan fingerprint density at radius 2 is 1.94 bits per heavy atom. The van der Waals surface area contributed by atoms with Crippen molar-refractivity contribution >= 4 is 5.78 Å². The van der Waals surface area contributed by atoms with E-state index in [4.69, 9.17) is 15.2 Å². The Bertz CT molecular complexity index is 1050. The lowest BCUT2D eigenvalue weighted by Gasteiger charge is -2.33. The molecule has 1 unspecified atom stereocenters. The zero-order valence-electron chi connectivity index (χ0n) is 18.3. The molecule has 4 rings (SSSR count). The normalized spacial score (nSPS) is 17.3. The number of nitrogens with two attached hydrogens (primary N) is 1. The molecule has 1 aromatic heterocycles. The second-order valence-corrected chi connectivity index (χ2v) is 8.20. The maximum Gasteiger partial charge on any atom is 0.257 e. The lowest BCUT2D eigenvalue weighted by molar-refractivity contribution is -0.0154. The van der Waals surface area contributed by atoms with E-state index in [2.05, 4.69) is 33.6 Å². The second-order valence-electron chi connectivity index (χ2n) is 8.20. The minimum atomic E-state index is -1.43. The molecule has 0 amide bonds. The number of rotatable bonds is 10. The van der Waals surface area contributed by atoms with Crippen molar-refractivity contribution in [2.75, 3.05) is 6.61 Å². The van der Waals surface area contributed by atoms with Crippen LogP contribution in [0.1, 0.15) is 72.8 Å². The van der Waals surface area contributed by atoms with E-state index in [1.165, 1.54) is 32.1 Å². The monoisotopic (exact) mass is 435 g/mol. The first-order valence-corrected chi connectivity index (χ1v) is 11.2. The SMILES string of the molecule is CCCCCCCCc1cccc(C(=O)c2cccc3c2OC(N)(c2nn[nH]n2)CO3)c1. The van der Waals surface area contributed by atoms with Gasteiger partial charge in [0.25, 0.3) is 5.72 Å². The Balaban J connectivity index is 1.50. The van der Waals surface area contributed by atoms with Crippen LogP contribution in [0.3, 0.4) is 0 Å². The van der Waals surface area contributed by atoms with E-state index in [0.29, 0.717) is 16.9 Å². The Labute approximate surface area is 187 Å². The van der Waals surface area contributed by atoms with Crippen LogP contribution >= 0.6 is 0 Å². The molecular weight excluding hydrogens is 406 g/mol. The van der Waals surface area contributed by atoms with E-state index in [1.54, 1.807) is 18.2 Å². The summed E-state index contributed by atoms with van der Waals surface area (Å²) in [6, 6.07) is 13.0. The third-order valence-electron chi connectivity index (χ3n) is 5.68. The van der Waals surface area contributed by atoms with Crippen LogP contribution in [0.4, 0.5) is 0 Å². The van der Waals surface area contributed by atoms with Gasteiger partial charge in [-0.25, -0.2) is 0 Å². The van der Waals surface area contributed by atoms with Gasteiger partial charge in [-0.1, -0.05) is 63.3 Å². The molecule has 8 heteroatoms. The number of aryl methyl sites for hydroxylation is 1. The summed E-state index contributed by atoms with van der Waals surface area (Å²) < 4.78 is 11.8. The molecule has 0 spiro atoms. The van der Waals surface area contributed by atoms with Crippen LogP contribution < -0.4 is 15.2 Å². The second kappa shape index (κ2) is 9.91. The van der Waals surface area contributed by atoms with Crippen molar-refractivity contribution in [2.45, 2.75) is 57.6 Å². The van der Waals surface area contributed by atoms with E-state index >= 15 is 0 Å². The van der Waals surface area contributed by atoms with Gasteiger partial charge in [-0.15, -0.1) is 10.2 Å². The third kappa shape index (κ3) is 4.80. The summed E-state index contributed by atoms with van der Waals surface area (Å²) in [5, 5.41) is 13.7. The molecule has 3 aromatic rings. The average Bonchev–Trinajstić information content (AvgIpc) is 3.37. The molecule has 0 fully saturated rings. The first kappa shape index (κ1) is 22.0. The quantitative estimate of drug-likeness (QED) is 0.366. The highest BCUT2D eigenvalue weighted by atomic mass is 16.6. The van der Waals surface area contributed by atoms with Gasteiger partial charge in [0, 0.05) is 5.56 Å². The highest BCUT2D eigenvalue weighted by Crippen LogP contribution is 2.40. The number of carbonyl (C=O) groups excluding carboxylic acids is 1. The number of ketones is 1. The van der Waals surface area contributed by atoms with Gasteiger partial charge in [0.15, 0.2) is 17.3 Å². The molecule has 8 nitrogen and oxygen atoms in total. The number of para-hydroxylation sites is 1. The zero-order valence-corrected chi connectivity index (χ0v) is 18.3.